The molecule has 0 fully saturated rings. The second-order valence-electron chi connectivity index (χ2n) is 3.43. The number of nitrogens with two attached hydrogens (primary N) is 1. The maximum absolute atomic E-state index is 6.09. The molecule has 0 saturated heterocycles. The molecule has 0 radical (unpaired) electrons. The summed E-state index contributed by atoms with van der Waals surface area (Å²) in [4.78, 5) is 4.33. The van der Waals surface area contributed by atoms with Crippen molar-refractivity contribution < 1.29 is 0 Å². The topological polar surface area (TPSA) is 38.9 Å². The van der Waals surface area contributed by atoms with Crippen molar-refractivity contribution in [3.63, 3.8) is 0 Å². The molecule has 1 aromatic heterocycles. The van der Waals surface area contributed by atoms with Crippen LogP contribution in [0.2, 0.25) is 0 Å². The molecule has 0 amide bonds. The summed E-state index contributed by atoms with van der Waals surface area (Å²) >= 11 is 6.84. The van der Waals surface area contributed by atoms with Crippen LogP contribution in [0.15, 0.2) is 21.2 Å². The van der Waals surface area contributed by atoms with Gasteiger partial charge >= 0.3 is 0 Å². The molecule has 0 saturated carbocycles. The van der Waals surface area contributed by atoms with Crippen LogP contribution in [0.25, 0.3) is 0 Å². The summed E-state index contributed by atoms with van der Waals surface area (Å²) in [6.45, 7) is 4.28. The van der Waals surface area contributed by atoms with E-state index in [1.165, 1.54) is 0 Å². The minimum atomic E-state index is 0.00229. The largest absolute Gasteiger partial charge is 0.322 e. The lowest BCUT2D eigenvalue weighted by Crippen LogP contribution is -2.20. The normalized spacial score (nSPS) is 15.2. The third-order valence-corrected chi connectivity index (χ3v) is 3.48. The van der Waals surface area contributed by atoms with E-state index >= 15 is 0 Å². The molecule has 0 bridgehead atoms. The Morgan fingerprint density at radius 1 is 1.50 bits per heavy atom. The average Bonchev–Trinajstić information content (AvgIpc) is 2.15. The molecule has 2 unspecified atom stereocenters. The van der Waals surface area contributed by atoms with Crippen LogP contribution >= 0.6 is 31.9 Å². The van der Waals surface area contributed by atoms with Crippen LogP contribution in [0.1, 0.15) is 32.0 Å². The number of rotatable bonds is 3. The second-order valence-corrected chi connectivity index (χ2v) is 5.20. The van der Waals surface area contributed by atoms with Crippen molar-refractivity contribution in [3.8, 4) is 0 Å². The van der Waals surface area contributed by atoms with Gasteiger partial charge in [-0.1, -0.05) is 20.3 Å². The molecule has 1 heterocycles. The highest BCUT2D eigenvalue weighted by atomic mass is 79.9. The summed E-state index contributed by atoms with van der Waals surface area (Å²) in [5.74, 6) is 0.444. The van der Waals surface area contributed by atoms with E-state index in [-0.39, 0.29) is 6.04 Å². The first-order chi connectivity index (χ1) is 6.56. The van der Waals surface area contributed by atoms with Crippen LogP contribution in [-0.2, 0) is 0 Å². The summed E-state index contributed by atoms with van der Waals surface area (Å²) < 4.78 is 1.93. The molecule has 2 nitrogen and oxygen atoms in total. The molecular formula is C10H14Br2N2. The third kappa shape index (κ3) is 2.78. The zero-order chi connectivity index (χ0) is 10.7. The fraction of sp³-hybridized carbons (Fsp3) is 0.500. The molecule has 0 spiro atoms. The Morgan fingerprint density at radius 2 is 2.14 bits per heavy atom. The Hall–Kier alpha value is 0.0700. The predicted octanol–water partition coefficient (Wildman–Crippen LogP) is 3.65. The highest BCUT2D eigenvalue weighted by Gasteiger charge is 2.17. The molecular weight excluding hydrogens is 308 g/mol. The first-order valence-corrected chi connectivity index (χ1v) is 6.21. The quantitative estimate of drug-likeness (QED) is 0.922. The fourth-order valence-corrected chi connectivity index (χ4v) is 2.45. The van der Waals surface area contributed by atoms with Gasteiger partial charge in [0.1, 0.15) is 0 Å². The molecule has 14 heavy (non-hydrogen) atoms. The van der Waals surface area contributed by atoms with Gasteiger partial charge in [-0.3, -0.25) is 4.98 Å². The van der Waals surface area contributed by atoms with Crippen molar-refractivity contribution >= 4 is 31.9 Å². The lowest BCUT2D eigenvalue weighted by atomic mass is 9.97. The first kappa shape index (κ1) is 12.1. The summed E-state index contributed by atoms with van der Waals surface area (Å²) in [6, 6.07) is 1.98. The molecule has 2 atom stereocenters. The van der Waals surface area contributed by atoms with Gasteiger partial charge < -0.3 is 5.73 Å². The Balaban J connectivity index is 2.95. The highest BCUT2D eigenvalue weighted by molar-refractivity contribution is 9.11. The Kier molecular flexibility index (Phi) is 4.54. The smallest absolute Gasteiger partial charge is 0.0716 e. The number of hydrogen-bond donors (Lipinski definition) is 1. The van der Waals surface area contributed by atoms with Crippen LogP contribution in [0.4, 0.5) is 0 Å². The Bertz CT molecular complexity index is 315. The fourth-order valence-electron chi connectivity index (χ4n) is 1.19. The zero-order valence-corrected chi connectivity index (χ0v) is 11.5. The minimum Gasteiger partial charge on any atom is -0.322 e. The van der Waals surface area contributed by atoms with Crippen LogP contribution in [-0.4, -0.2) is 4.98 Å². The van der Waals surface area contributed by atoms with Crippen molar-refractivity contribution in [3.05, 3.63) is 26.9 Å². The van der Waals surface area contributed by atoms with Crippen molar-refractivity contribution in [1.82, 2.24) is 4.98 Å². The Labute approximate surface area is 102 Å². The van der Waals surface area contributed by atoms with E-state index in [2.05, 4.69) is 50.7 Å². The molecule has 4 heteroatoms. The van der Waals surface area contributed by atoms with Crippen LogP contribution < -0.4 is 5.73 Å². The van der Waals surface area contributed by atoms with Gasteiger partial charge in [0.15, 0.2) is 0 Å². The molecule has 0 aromatic carbocycles. The molecule has 0 aliphatic rings. The molecule has 78 valence electrons. The average molecular weight is 322 g/mol. The number of halogens is 2. The molecule has 1 rings (SSSR count). The van der Waals surface area contributed by atoms with Crippen molar-refractivity contribution in [2.75, 3.05) is 0 Å². The number of nitrogens with zero attached hydrogens (tertiary/aromatic N) is 1. The van der Waals surface area contributed by atoms with E-state index in [0.717, 1.165) is 21.1 Å². The lowest BCUT2D eigenvalue weighted by molar-refractivity contribution is 0.447. The third-order valence-electron chi connectivity index (χ3n) is 2.41. The zero-order valence-electron chi connectivity index (χ0n) is 8.30. The lowest BCUT2D eigenvalue weighted by Gasteiger charge is -2.18. The van der Waals surface area contributed by atoms with Gasteiger partial charge in [-0.15, -0.1) is 0 Å². The molecule has 2 N–H and O–H groups in total. The van der Waals surface area contributed by atoms with E-state index in [1.807, 2.05) is 6.07 Å². The van der Waals surface area contributed by atoms with Gasteiger partial charge in [0.2, 0.25) is 0 Å². The van der Waals surface area contributed by atoms with E-state index in [0.29, 0.717) is 5.92 Å². The predicted molar refractivity (Wildman–Crippen MR) is 66.0 cm³/mol. The van der Waals surface area contributed by atoms with Gasteiger partial charge in [0.25, 0.3) is 0 Å². The van der Waals surface area contributed by atoms with Crippen LogP contribution in [0, 0.1) is 5.92 Å². The maximum atomic E-state index is 6.09. The van der Waals surface area contributed by atoms with E-state index in [1.54, 1.807) is 6.20 Å². The minimum absolute atomic E-state index is 0.00229. The van der Waals surface area contributed by atoms with Gasteiger partial charge in [-0.2, -0.15) is 0 Å². The van der Waals surface area contributed by atoms with Crippen LogP contribution in [0.5, 0.6) is 0 Å². The second kappa shape index (κ2) is 5.24. The van der Waals surface area contributed by atoms with E-state index in [4.69, 9.17) is 5.73 Å². The van der Waals surface area contributed by atoms with Gasteiger partial charge in [0, 0.05) is 15.1 Å². The monoisotopic (exact) mass is 320 g/mol. The van der Waals surface area contributed by atoms with Crippen molar-refractivity contribution in [2.45, 2.75) is 26.3 Å². The maximum Gasteiger partial charge on any atom is 0.0716 e. The molecule has 1 aromatic rings. The highest BCUT2D eigenvalue weighted by Crippen LogP contribution is 2.28. The van der Waals surface area contributed by atoms with E-state index < -0.39 is 0 Å². The SMILES string of the molecule is CCC(C)C(N)c1ncc(Br)cc1Br. The number of aromatic nitrogens is 1. The Morgan fingerprint density at radius 3 is 2.64 bits per heavy atom. The number of pyridine rings is 1. The van der Waals surface area contributed by atoms with Crippen molar-refractivity contribution in [2.24, 2.45) is 11.7 Å². The summed E-state index contributed by atoms with van der Waals surface area (Å²) in [5.41, 5.74) is 7.03. The summed E-state index contributed by atoms with van der Waals surface area (Å²) in [5, 5.41) is 0. The van der Waals surface area contributed by atoms with Crippen molar-refractivity contribution in [1.29, 1.82) is 0 Å². The standard InChI is InChI=1S/C10H14Br2N2/c1-3-6(2)9(13)10-8(12)4-7(11)5-14-10/h4-6,9H,3,13H2,1-2H3. The molecule has 0 aliphatic carbocycles. The van der Waals surface area contributed by atoms with Gasteiger partial charge in [0.05, 0.1) is 11.7 Å². The van der Waals surface area contributed by atoms with Gasteiger partial charge in [-0.05, 0) is 43.8 Å². The van der Waals surface area contributed by atoms with Gasteiger partial charge in [-0.25, -0.2) is 0 Å². The first-order valence-electron chi connectivity index (χ1n) is 4.62. The van der Waals surface area contributed by atoms with Crippen LogP contribution in [0.3, 0.4) is 0 Å². The number of hydrogen-bond acceptors (Lipinski definition) is 2. The van der Waals surface area contributed by atoms with E-state index in [9.17, 15) is 0 Å². The summed E-state index contributed by atoms with van der Waals surface area (Å²) in [7, 11) is 0. The summed E-state index contributed by atoms with van der Waals surface area (Å²) in [6.07, 6.45) is 2.84. The molecule has 0 aliphatic heterocycles.